The Labute approximate surface area is 179 Å². The van der Waals surface area contributed by atoms with Crippen molar-refractivity contribution in [2.45, 2.75) is 45.1 Å². The van der Waals surface area contributed by atoms with Gasteiger partial charge in [0, 0.05) is 36.7 Å². The van der Waals surface area contributed by atoms with Crippen LogP contribution in [0.15, 0.2) is 42.4 Å². The Balaban J connectivity index is 1.65. The number of rotatable bonds is 4. The Hall–Kier alpha value is -3.00. The number of pyridine rings is 1. The van der Waals surface area contributed by atoms with E-state index in [1.54, 1.807) is 44.4 Å². The molecule has 6 nitrogen and oxygen atoms in total. The Morgan fingerprint density at radius 1 is 1.23 bits per heavy atom. The molecule has 0 radical (unpaired) electrons. The van der Waals surface area contributed by atoms with Crippen molar-refractivity contribution in [3.8, 4) is 17.1 Å². The molecule has 1 aromatic carbocycles. The molecule has 2 atom stereocenters. The maximum Gasteiger partial charge on any atom is 0.256 e. The highest BCUT2D eigenvalue weighted by Crippen LogP contribution is 2.52. The second-order valence-corrected chi connectivity index (χ2v) is 8.24. The van der Waals surface area contributed by atoms with E-state index in [-0.39, 0.29) is 24.4 Å². The van der Waals surface area contributed by atoms with E-state index in [9.17, 15) is 13.9 Å². The van der Waals surface area contributed by atoms with Crippen molar-refractivity contribution in [3.63, 3.8) is 0 Å². The molecule has 0 aliphatic heterocycles. The van der Waals surface area contributed by atoms with E-state index in [1.165, 1.54) is 13.3 Å². The summed E-state index contributed by atoms with van der Waals surface area (Å²) < 4.78 is 34.6. The number of methoxy groups -OCH3 is 1. The highest BCUT2D eigenvalue weighted by Gasteiger charge is 2.54. The third-order valence-corrected chi connectivity index (χ3v) is 6.31. The zero-order valence-corrected chi connectivity index (χ0v) is 17.6. The average molecular weight is 426 g/mol. The summed E-state index contributed by atoms with van der Waals surface area (Å²) in [7, 11) is 1.44. The lowest BCUT2D eigenvalue weighted by Gasteiger charge is -2.44. The lowest BCUT2D eigenvalue weighted by atomic mass is 9.67. The van der Waals surface area contributed by atoms with Gasteiger partial charge in [-0.1, -0.05) is 13.8 Å². The van der Waals surface area contributed by atoms with E-state index in [0.717, 1.165) is 16.3 Å². The van der Waals surface area contributed by atoms with Crippen molar-refractivity contribution in [2.75, 3.05) is 7.11 Å². The van der Waals surface area contributed by atoms with Gasteiger partial charge in [-0.05, 0) is 48.1 Å². The van der Waals surface area contributed by atoms with Crippen molar-refractivity contribution in [3.05, 3.63) is 48.1 Å². The first-order chi connectivity index (χ1) is 14.8. The first-order valence-corrected chi connectivity index (χ1v) is 10.1. The predicted molar refractivity (Wildman–Crippen MR) is 114 cm³/mol. The van der Waals surface area contributed by atoms with Gasteiger partial charge in [0.1, 0.15) is 11.4 Å². The third kappa shape index (κ3) is 3.87. The molecule has 3 aromatic rings. The molecule has 2 heterocycles. The van der Waals surface area contributed by atoms with Crippen LogP contribution in [0.4, 0.5) is 8.78 Å². The maximum atomic E-state index is 14.6. The van der Waals surface area contributed by atoms with Gasteiger partial charge in [-0.3, -0.25) is 4.98 Å². The van der Waals surface area contributed by atoms with Crippen molar-refractivity contribution in [1.82, 2.24) is 20.2 Å². The first-order valence-electron chi connectivity index (χ1n) is 10.1. The van der Waals surface area contributed by atoms with Gasteiger partial charge < -0.3 is 9.84 Å². The number of aromatic hydroxyl groups is 1. The SMILES string of the molecule is CC[C@]1(C)C/C(=C/c2cnc(-c3cc4ccncc4cc3O)nn2)[C@@H](OC)CC1(F)F. The number of fused-ring (bicyclic) bond motifs is 1. The number of phenols is 1. The summed E-state index contributed by atoms with van der Waals surface area (Å²) in [5, 5.41) is 20.4. The van der Waals surface area contributed by atoms with Gasteiger partial charge in [-0.15, -0.1) is 10.2 Å². The van der Waals surface area contributed by atoms with Crippen LogP contribution in [-0.2, 0) is 4.74 Å². The number of phenolic OH excluding ortho intramolecular Hbond substituents is 1. The number of aromatic nitrogens is 4. The van der Waals surface area contributed by atoms with Crippen LogP contribution in [0.3, 0.4) is 0 Å². The predicted octanol–water partition coefficient (Wildman–Crippen LogP) is 5.04. The highest BCUT2D eigenvalue weighted by molar-refractivity contribution is 5.88. The van der Waals surface area contributed by atoms with Crippen LogP contribution in [0.25, 0.3) is 28.2 Å². The van der Waals surface area contributed by atoms with Crippen molar-refractivity contribution >= 4 is 16.8 Å². The molecule has 1 aliphatic carbocycles. The zero-order valence-electron chi connectivity index (χ0n) is 17.6. The summed E-state index contributed by atoms with van der Waals surface area (Å²) in [5.74, 6) is -2.51. The van der Waals surface area contributed by atoms with E-state index < -0.39 is 17.4 Å². The largest absolute Gasteiger partial charge is 0.507 e. The van der Waals surface area contributed by atoms with Gasteiger partial charge in [0.25, 0.3) is 5.92 Å². The van der Waals surface area contributed by atoms with Gasteiger partial charge >= 0.3 is 0 Å². The molecule has 1 N–H and O–H groups in total. The second kappa shape index (κ2) is 7.92. The minimum atomic E-state index is -2.81. The van der Waals surface area contributed by atoms with Crippen LogP contribution in [0.2, 0.25) is 0 Å². The van der Waals surface area contributed by atoms with Crippen LogP contribution >= 0.6 is 0 Å². The normalized spacial score (nSPS) is 24.5. The van der Waals surface area contributed by atoms with Crippen LogP contribution < -0.4 is 0 Å². The van der Waals surface area contributed by atoms with E-state index in [0.29, 0.717) is 17.7 Å². The molecule has 1 aliphatic rings. The number of ether oxygens (including phenoxy) is 1. The first kappa shape index (κ1) is 21.2. The molecule has 162 valence electrons. The van der Waals surface area contributed by atoms with E-state index in [2.05, 4.69) is 20.2 Å². The van der Waals surface area contributed by atoms with Gasteiger partial charge in [-0.2, -0.15) is 0 Å². The highest BCUT2D eigenvalue weighted by atomic mass is 19.3. The van der Waals surface area contributed by atoms with Gasteiger partial charge in [0.15, 0.2) is 5.82 Å². The number of nitrogens with zero attached hydrogens (tertiary/aromatic N) is 4. The molecular formula is C23H24F2N4O2. The smallest absolute Gasteiger partial charge is 0.256 e. The van der Waals surface area contributed by atoms with Crippen LogP contribution in [0.1, 0.15) is 38.8 Å². The van der Waals surface area contributed by atoms with Crippen molar-refractivity contribution in [1.29, 1.82) is 0 Å². The Bertz CT molecular complexity index is 1130. The molecule has 2 aromatic heterocycles. The number of benzene rings is 1. The number of alkyl halides is 2. The topological polar surface area (TPSA) is 81.0 Å². The molecular weight excluding hydrogens is 402 g/mol. The molecule has 0 amide bonds. The zero-order chi connectivity index (χ0) is 22.2. The molecule has 1 saturated carbocycles. The fourth-order valence-electron chi connectivity index (χ4n) is 4.03. The summed E-state index contributed by atoms with van der Waals surface area (Å²) in [5.41, 5.74) is 0.521. The Morgan fingerprint density at radius 3 is 2.71 bits per heavy atom. The van der Waals surface area contributed by atoms with Crippen molar-refractivity contribution < 1.29 is 18.6 Å². The molecule has 0 unspecified atom stereocenters. The summed E-state index contributed by atoms with van der Waals surface area (Å²) in [6, 6.07) is 5.21. The fourth-order valence-corrected chi connectivity index (χ4v) is 4.03. The third-order valence-electron chi connectivity index (χ3n) is 6.31. The molecule has 0 spiro atoms. The summed E-state index contributed by atoms with van der Waals surface area (Å²) in [4.78, 5) is 8.38. The van der Waals surface area contributed by atoms with Crippen molar-refractivity contribution in [2.24, 2.45) is 5.41 Å². The van der Waals surface area contributed by atoms with Gasteiger partial charge in [0.2, 0.25) is 0 Å². The minimum Gasteiger partial charge on any atom is -0.507 e. The number of hydrogen-bond acceptors (Lipinski definition) is 6. The quantitative estimate of drug-likeness (QED) is 0.630. The fraction of sp³-hybridized carbons (Fsp3) is 0.391. The lowest BCUT2D eigenvalue weighted by Crippen LogP contribution is -2.47. The number of halogens is 2. The standard InChI is InChI=1S/C23H24F2N4O2/c1-4-22(2)10-15(20(31-3)11-23(22,24)25)7-17-13-27-21(29-28-17)18-8-14-5-6-26-12-16(14)9-19(18)30/h5-9,12-13,20,30H,4,10-11H2,1-3H3/b15-7-/t20-,22+/m0/s1. The summed E-state index contributed by atoms with van der Waals surface area (Å²) >= 11 is 0. The molecule has 4 rings (SSSR count). The Morgan fingerprint density at radius 2 is 2.03 bits per heavy atom. The molecule has 1 fully saturated rings. The van der Waals surface area contributed by atoms with E-state index >= 15 is 0 Å². The minimum absolute atomic E-state index is 0.0288. The second-order valence-electron chi connectivity index (χ2n) is 8.24. The molecule has 0 saturated heterocycles. The summed E-state index contributed by atoms with van der Waals surface area (Å²) in [6.07, 6.45) is 6.10. The van der Waals surface area contributed by atoms with Crippen LogP contribution in [0, 0.1) is 5.41 Å². The van der Waals surface area contributed by atoms with Crippen LogP contribution in [0.5, 0.6) is 5.75 Å². The lowest BCUT2D eigenvalue weighted by molar-refractivity contribution is -0.157. The van der Waals surface area contributed by atoms with E-state index in [4.69, 9.17) is 4.74 Å². The monoisotopic (exact) mass is 426 g/mol. The van der Waals surface area contributed by atoms with Gasteiger partial charge in [-0.25, -0.2) is 13.8 Å². The molecule has 31 heavy (non-hydrogen) atoms. The van der Waals surface area contributed by atoms with Gasteiger partial charge in [0.05, 0.1) is 17.9 Å². The Kier molecular flexibility index (Phi) is 5.43. The average Bonchev–Trinajstić information content (AvgIpc) is 2.76. The van der Waals surface area contributed by atoms with E-state index in [1.807, 2.05) is 6.07 Å². The number of hydrogen-bond donors (Lipinski definition) is 1. The molecule has 8 heteroatoms. The van der Waals surface area contributed by atoms with Crippen LogP contribution in [-0.4, -0.2) is 44.4 Å². The molecule has 0 bridgehead atoms. The maximum absolute atomic E-state index is 14.6. The summed E-state index contributed by atoms with van der Waals surface area (Å²) in [6.45, 7) is 3.39.